The van der Waals surface area contributed by atoms with Crippen LogP contribution in [0, 0.1) is 5.92 Å². The minimum atomic E-state index is -1.29. The van der Waals surface area contributed by atoms with E-state index in [4.69, 9.17) is 8.92 Å². The quantitative estimate of drug-likeness (QED) is 0.816. The summed E-state index contributed by atoms with van der Waals surface area (Å²) in [4.78, 5) is 12.1. The predicted molar refractivity (Wildman–Crippen MR) is 97.0 cm³/mol. The molecule has 1 aliphatic carbocycles. The Bertz CT molecular complexity index is 412. The van der Waals surface area contributed by atoms with Gasteiger partial charge >= 0.3 is 6.09 Å². The predicted octanol–water partition coefficient (Wildman–Crippen LogP) is 3.44. The first-order chi connectivity index (χ1) is 10.2. The van der Waals surface area contributed by atoms with Gasteiger partial charge in [0, 0.05) is 11.4 Å². The number of rotatable bonds is 4. The van der Waals surface area contributed by atoms with E-state index in [1.807, 2.05) is 20.8 Å². The minimum absolute atomic E-state index is 0.0563. The van der Waals surface area contributed by atoms with Gasteiger partial charge in [0.25, 0.3) is 0 Å². The number of amides is 1. The Balaban J connectivity index is 2.77. The summed E-state index contributed by atoms with van der Waals surface area (Å²) in [5.41, 5.74) is -0.522. The maximum Gasteiger partial charge on any atom is 0.407 e. The van der Waals surface area contributed by atoms with Crippen molar-refractivity contribution >= 4 is 16.4 Å². The SMILES string of the molecule is CC(C)(C)OC(=O)N[C@@H]1C[C@H](CO)C[C@@H]1OS(C)(C)C(C)(C)C. The second kappa shape index (κ2) is 7.19. The van der Waals surface area contributed by atoms with Crippen molar-refractivity contribution in [3.8, 4) is 0 Å². The molecule has 138 valence electrons. The maximum atomic E-state index is 12.1. The summed E-state index contributed by atoms with van der Waals surface area (Å²) in [7, 11) is -1.29. The molecule has 0 aromatic carbocycles. The van der Waals surface area contributed by atoms with Crippen LogP contribution in [-0.2, 0) is 8.92 Å². The molecular formula is C17H35NO4S. The Morgan fingerprint density at radius 1 is 1.17 bits per heavy atom. The second-order valence-electron chi connectivity index (χ2n) is 8.75. The van der Waals surface area contributed by atoms with Gasteiger partial charge in [-0.15, -0.1) is 10.3 Å². The van der Waals surface area contributed by atoms with E-state index >= 15 is 0 Å². The van der Waals surface area contributed by atoms with Crippen LogP contribution in [0.25, 0.3) is 0 Å². The topological polar surface area (TPSA) is 67.8 Å². The first kappa shape index (κ1) is 20.6. The number of carbonyl (C=O) groups excluding carboxylic acids is 1. The van der Waals surface area contributed by atoms with Gasteiger partial charge in [0.1, 0.15) is 5.60 Å². The molecule has 0 aromatic rings. The molecule has 1 amide bonds. The summed E-state index contributed by atoms with van der Waals surface area (Å²) < 4.78 is 11.9. The van der Waals surface area contributed by atoms with E-state index in [9.17, 15) is 9.90 Å². The summed E-state index contributed by atoms with van der Waals surface area (Å²) in [6.07, 6.45) is 5.30. The van der Waals surface area contributed by atoms with Crippen molar-refractivity contribution in [1.29, 1.82) is 0 Å². The van der Waals surface area contributed by atoms with Crippen LogP contribution in [-0.4, -0.2) is 52.8 Å². The third-order valence-corrected chi connectivity index (χ3v) is 8.08. The van der Waals surface area contributed by atoms with Gasteiger partial charge in [-0.2, -0.15) is 0 Å². The lowest BCUT2D eigenvalue weighted by Crippen LogP contribution is -2.44. The number of hydrogen-bond acceptors (Lipinski definition) is 4. The Morgan fingerprint density at radius 3 is 2.17 bits per heavy atom. The number of hydrogen-bond donors (Lipinski definition) is 2. The molecule has 0 spiro atoms. The van der Waals surface area contributed by atoms with E-state index in [0.717, 1.165) is 12.8 Å². The zero-order valence-electron chi connectivity index (χ0n) is 15.9. The Kier molecular flexibility index (Phi) is 6.44. The van der Waals surface area contributed by atoms with Crippen LogP contribution < -0.4 is 5.32 Å². The maximum absolute atomic E-state index is 12.1. The van der Waals surface area contributed by atoms with Crippen LogP contribution in [0.1, 0.15) is 54.4 Å². The number of nitrogens with one attached hydrogen (secondary N) is 1. The Labute approximate surface area is 143 Å². The van der Waals surface area contributed by atoms with E-state index in [0.29, 0.717) is 0 Å². The first-order valence-electron chi connectivity index (χ1n) is 8.26. The molecule has 1 fully saturated rings. The molecule has 0 saturated heterocycles. The molecule has 23 heavy (non-hydrogen) atoms. The van der Waals surface area contributed by atoms with Crippen LogP contribution in [0.15, 0.2) is 0 Å². The molecule has 2 N–H and O–H groups in total. The molecule has 5 nitrogen and oxygen atoms in total. The van der Waals surface area contributed by atoms with Gasteiger partial charge in [-0.1, -0.05) is 20.8 Å². The Hall–Kier alpha value is -0.460. The molecule has 0 heterocycles. The largest absolute Gasteiger partial charge is 0.444 e. The van der Waals surface area contributed by atoms with E-state index in [1.54, 1.807) is 0 Å². The van der Waals surface area contributed by atoms with Gasteiger partial charge in [0.05, 0.1) is 12.1 Å². The highest BCUT2D eigenvalue weighted by molar-refractivity contribution is 8.29. The summed E-state index contributed by atoms with van der Waals surface area (Å²) >= 11 is 0. The molecule has 0 radical (unpaired) electrons. The number of carbonyl (C=O) groups is 1. The van der Waals surface area contributed by atoms with Crippen molar-refractivity contribution in [2.45, 2.75) is 76.9 Å². The van der Waals surface area contributed by atoms with Crippen molar-refractivity contribution < 1.29 is 18.8 Å². The van der Waals surface area contributed by atoms with Gasteiger partial charge in [0.2, 0.25) is 0 Å². The summed E-state index contributed by atoms with van der Waals surface area (Å²) in [6.45, 7) is 12.2. The standard InChI is InChI=1S/C17H35NO4S/c1-16(2,3)21-15(20)18-13-9-12(11-19)10-14(13)22-23(7,8)17(4,5)6/h12-14,19H,9-11H2,1-8H3,(H,18,20)/t12-,13+,14-/m0/s1. The van der Waals surface area contributed by atoms with Gasteiger partial charge in [-0.3, -0.25) is 0 Å². The monoisotopic (exact) mass is 349 g/mol. The third-order valence-electron chi connectivity index (χ3n) is 4.40. The van der Waals surface area contributed by atoms with Crippen molar-refractivity contribution in [1.82, 2.24) is 5.32 Å². The van der Waals surface area contributed by atoms with Gasteiger partial charge in [-0.25, -0.2) is 4.79 Å². The van der Waals surface area contributed by atoms with E-state index < -0.39 is 22.0 Å². The van der Waals surface area contributed by atoms with E-state index in [2.05, 4.69) is 38.6 Å². The first-order valence-corrected chi connectivity index (χ1v) is 10.6. The van der Waals surface area contributed by atoms with Crippen molar-refractivity contribution in [3.63, 3.8) is 0 Å². The van der Waals surface area contributed by atoms with Crippen LogP contribution in [0.4, 0.5) is 4.79 Å². The smallest absolute Gasteiger partial charge is 0.407 e. The molecule has 0 unspecified atom stereocenters. The number of alkyl carbamates (subject to hydrolysis) is 1. The van der Waals surface area contributed by atoms with Crippen molar-refractivity contribution in [2.75, 3.05) is 19.1 Å². The fourth-order valence-corrected chi connectivity index (χ4v) is 3.54. The van der Waals surface area contributed by atoms with E-state index in [1.165, 1.54) is 0 Å². The molecule has 1 saturated carbocycles. The molecule has 3 atom stereocenters. The van der Waals surface area contributed by atoms with Gasteiger partial charge in [-0.05, 0) is 52.0 Å². The lowest BCUT2D eigenvalue weighted by atomic mass is 10.1. The molecule has 6 heteroatoms. The van der Waals surface area contributed by atoms with E-state index in [-0.39, 0.29) is 29.4 Å². The fourth-order valence-electron chi connectivity index (χ4n) is 2.42. The number of aliphatic hydroxyl groups is 1. The highest BCUT2D eigenvalue weighted by Gasteiger charge is 2.41. The highest BCUT2D eigenvalue weighted by atomic mass is 32.3. The minimum Gasteiger partial charge on any atom is -0.444 e. The molecule has 1 rings (SSSR count). The summed E-state index contributed by atoms with van der Waals surface area (Å²) in [5, 5.41) is 12.4. The fraction of sp³-hybridized carbons (Fsp3) is 0.941. The van der Waals surface area contributed by atoms with Gasteiger partial charge in [0.15, 0.2) is 0 Å². The third kappa shape index (κ3) is 6.16. The van der Waals surface area contributed by atoms with Crippen molar-refractivity contribution in [3.05, 3.63) is 0 Å². The number of aliphatic hydroxyl groups excluding tert-OH is 1. The van der Waals surface area contributed by atoms with Crippen LogP contribution in [0.5, 0.6) is 0 Å². The molecule has 1 aliphatic rings. The summed E-state index contributed by atoms with van der Waals surface area (Å²) in [6, 6.07) is -0.115. The van der Waals surface area contributed by atoms with Crippen LogP contribution in [0.2, 0.25) is 0 Å². The zero-order valence-corrected chi connectivity index (χ0v) is 16.8. The van der Waals surface area contributed by atoms with Crippen LogP contribution >= 0.6 is 10.3 Å². The zero-order chi connectivity index (χ0) is 18.1. The average Bonchev–Trinajstić information content (AvgIpc) is 2.66. The average molecular weight is 350 g/mol. The molecule has 0 aliphatic heterocycles. The highest BCUT2D eigenvalue weighted by Crippen LogP contribution is 2.56. The summed E-state index contributed by atoms with van der Waals surface area (Å²) in [5.74, 6) is 0.162. The number of ether oxygens (including phenoxy) is 1. The molecule has 0 bridgehead atoms. The van der Waals surface area contributed by atoms with Crippen molar-refractivity contribution in [2.24, 2.45) is 5.92 Å². The van der Waals surface area contributed by atoms with Gasteiger partial charge < -0.3 is 19.3 Å². The lowest BCUT2D eigenvalue weighted by molar-refractivity contribution is 0.0469. The second-order valence-corrected chi connectivity index (χ2v) is 12.6. The molecular weight excluding hydrogens is 314 g/mol. The van der Waals surface area contributed by atoms with Crippen LogP contribution in [0.3, 0.4) is 0 Å². The molecule has 0 aromatic heterocycles. The Morgan fingerprint density at radius 2 is 1.74 bits per heavy atom. The normalized spacial score (nSPS) is 26.9. The lowest BCUT2D eigenvalue weighted by Gasteiger charge is -2.46.